The lowest BCUT2D eigenvalue weighted by Gasteiger charge is -2.32. The second-order valence-corrected chi connectivity index (χ2v) is 8.55. The molecular weight excluding hydrogens is 364 g/mol. The molecule has 1 aromatic heterocycles. The molecule has 6 heteroatoms. The quantitative estimate of drug-likeness (QED) is 0.670. The van der Waals surface area contributed by atoms with E-state index in [1.165, 1.54) is 0 Å². The Bertz CT molecular complexity index is 989. The first-order valence-electron chi connectivity index (χ1n) is 9.81. The van der Waals surface area contributed by atoms with Gasteiger partial charge in [-0.15, -0.1) is 0 Å². The Morgan fingerprint density at radius 1 is 1.07 bits per heavy atom. The lowest BCUT2D eigenvalue weighted by molar-refractivity contribution is -0.134. The zero-order valence-corrected chi connectivity index (χ0v) is 17.4. The van der Waals surface area contributed by atoms with Crippen LogP contribution < -0.4 is 5.32 Å². The number of aromatic amines is 1. The van der Waals surface area contributed by atoms with Crippen molar-refractivity contribution in [1.82, 2.24) is 20.4 Å². The second-order valence-electron chi connectivity index (χ2n) is 8.55. The molecule has 0 aliphatic carbocycles. The number of hydrogen-bond acceptors (Lipinski definition) is 3. The SMILES string of the molecule is CC(NC(=O)c1n[nH]c2ccccc12)C(=O)N(Cc1ccccc1)CC(C)(C)C. The molecule has 29 heavy (non-hydrogen) atoms. The zero-order valence-electron chi connectivity index (χ0n) is 17.4. The third-order valence-corrected chi connectivity index (χ3v) is 4.60. The molecule has 1 heterocycles. The first-order valence-corrected chi connectivity index (χ1v) is 9.81. The maximum Gasteiger partial charge on any atom is 0.273 e. The number of carbonyl (C=O) groups is 2. The summed E-state index contributed by atoms with van der Waals surface area (Å²) in [4.78, 5) is 27.7. The molecule has 0 radical (unpaired) electrons. The fraction of sp³-hybridized carbons (Fsp3) is 0.348. The third kappa shape index (κ3) is 5.22. The minimum Gasteiger partial charge on any atom is -0.339 e. The maximum atomic E-state index is 13.2. The highest BCUT2D eigenvalue weighted by atomic mass is 16.2. The molecule has 2 amide bonds. The van der Waals surface area contributed by atoms with Crippen molar-refractivity contribution in [3.05, 3.63) is 65.9 Å². The summed E-state index contributed by atoms with van der Waals surface area (Å²) in [5, 5.41) is 10.5. The number of nitrogens with zero attached hydrogens (tertiary/aromatic N) is 2. The van der Waals surface area contributed by atoms with Crippen LogP contribution >= 0.6 is 0 Å². The van der Waals surface area contributed by atoms with Crippen LogP contribution in [0.3, 0.4) is 0 Å². The highest BCUT2D eigenvalue weighted by Crippen LogP contribution is 2.19. The first kappa shape index (κ1) is 20.6. The van der Waals surface area contributed by atoms with Crippen LogP contribution in [-0.2, 0) is 11.3 Å². The molecule has 152 valence electrons. The van der Waals surface area contributed by atoms with Crippen LogP contribution in [0, 0.1) is 5.41 Å². The summed E-state index contributed by atoms with van der Waals surface area (Å²) in [6.07, 6.45) is 0. The fourth-order valence-corrected chi connectivity index (χ4v) is 3.33. The topological polar surface area (TPSA) is 78.1 Å². The van der Waals surface area contributed by atoms with Gasteiger partial charge < -0.3 is 10.2 Å². The van der Waals surface area contributed by atoms with E-state index in [9.17, 15) is 9.59 Å². The molecule has 0 aliphatic rings. The normalized spacial score (nSPS) is 12.6. The van der Waals surface area contributed by atoms with Crippen molar-refractivity contribution in [1.29, 1.82) is 0 Å². The van der Waals surface area contributed by atoms with Gasteiger partial charge in [0.1, 0.15) is 6.04 Å². The number of carbonyl (C=O) groups excluding carboxylic acids is 2. The van der Waals surface area contributed by atoms with Crippen LogP contribution in [0.25, 0.3) is 10.9 Å². The Labute approximate surface area is 171 Å². The Morgan fingerprint density at radius 3 is 2.41 bits per heavy atom. The number of para-hydroxylation sites is 1. The molecule has 0 aliphatic heterocycles. The standard InChI is InChI=1S/C23H28N4O2/c1-16(24-21(28)20-18-12-8-9-13-19(18)25-26-20)22(29)27(15-23(2,3)4)14-17-10-6-5-7-11-17/h5-13,16H,14-15H2,1-4H3,(H,24,28)(H,25,26). The van der Waals surface area contributed by atoms with E-state index in [4.69, 9.17) is 0 Å². The van der Waals surface area contributed by atoms with Crippen molar-refractivity contribution < 1.29 is 9.59 Å². The molecule has 1 atom stereocenters. The molecule has 0 spiro atoms. The van der Waals surface area contributed by atoms with Gasteiger partial charge in [-0.25, -0.2) is 0 Å². The van der Waals surface area contributed by atoms with Crippen molar-refractivity contribution in [2.24, 2.45) is 5.41 Å². The van der Waals surface area contributed by atoms with Gasteiger partial charge in [0, 0.05) is 18.5 Å². The van der Waals surface area contributed by atoms with Crippen molar-refractivity contribution in [3.63, 3.8) is 0 Å². The molecule has 0 saturated heterocycles. The van der Waals surface area contributed by atoms with Crippen LogP contribution in [-0.4, -0.2) is 39.5 Å². The number of rotatable bonds is 6. The summed E-state index contributed by atoms with van der Waals surface area (Å²) < 4.78 is 0. The van der Waals surface area contributed by atoms with E-state index in [2.05, 4.69) is 36.3 Å². The van der Waals surface area contributed by atoms with Gasteiger partial charge in [-0.3, -0.25) is 14.7 Å². The minimum atomic E-state index is -0.663. The number of benzene rings is 2. The van der Waals surface area contributed by atoms with Gasteiger partial charge in [0.25, 0.3) is 5.91 Å². The van der Waals surface area contributed by atoms with E-state index in [1.54, 1.807) is 6.92 Å². The lowest BCUT2D eigenvalue weighted by Crippen LogP contribution is -2.48. The molecule has 0 fully saturated rings. The van der Waals surface area contributed by atoms with Gasteiger partial charge >= 0.3 is 0 Å². The fourth-order valence-electron chi connectivity index (χ4n) is 3.33. The Balaban J connectivity index is 1.75. The molecule has 6 nitrogen and oxygen atoms in total. The average Bonchev–Trinajstić information content (AvgIpc) is 3.11. The Kier molecular flexibility index (Phi) is 6.01. The summed E-state index contributed by atoms with van der Waals surface area (Å²) in [5.41, 5.74) is 2.08. The van der Waals surface area contributed by atoms with Crippen LogP contribution in [0.1, 0.15) is 43.7 Å². The summed E-state index contributed by atoms with van der Waals surface area (Å²) >= 11 is 0. The van der Waals surface area contributed by atoms with Crippen molar-refractivity contribution in [2.75, 3.05) is 6.54 Å². The summed E-state index contributed by atoms with van der Waals surface area (Å²) in [5.74, 6) is -0.476. The van der Waals surface area contributed by atoms with Crippen LogP contribution in [0.15, 0.2) is 54.6 Å². The Hall–Kier alpha value is -3.15. The molecule has 0 bridgehead atoms. The van der Waals surface area contributed by atoms with Gasteiger partial charge in [0.2, 0.25) is 5.91 Å². The van der Waals surface area contributed by atoms with Crippen LogP contribution in [0.2, 0.25) is 0 Å². The number of amides is 2. The van der Waals surface area contributed by atoms with Gasteiger partial charge in [0.15, 0.2) is 5.69 Å². The molecular formula is C23H28N4O2. The minimum absolute atomic E-state index is 0.0629. The zero-order chi connectivity index (χ0) is 21.0. The van der Waals surface area contributed by atoms with E-state index in [1.807, 2.05) is 59.5 Å². The monoisotopic (exact) mass is 392 g/mol. The largest absolute Gasteiger partial charge is 0.339 e. The molecule has 2 aromatic carbocycles. The van der Waals surface area contributed by atoms with Crippen molar-refractivity contribution >= 4 is 22.7 Å². The van der Waals surface area contributed by atoms with E-state index < -0.39 is 6.04 Å². The van der Waals surface area contributed by atoms with Gasteiger partial charge in [-0.2, -0.15) is 5.10 Å². The van der Waals surface area contributed by atoms with E-state index in [0.717, 1.165) is 16.5 Å². The smallest absolute Gasteiger partial charge is 0.273 e. The summed E-state index contributed by atoms with van der Waals surface area (Å²) in [6, 6.07) is 16.6. The van der Waals surface area contributed by atoms with E-state index in [-0.39, 0.29) is 17.2 Å². The molecule has 0 saturated carbocycles. The lowest BCUT2D eigenvalue weighted by atomic mass is 9.95. The highest BCUT2D eigenvalue weighted by molar-refractivity contribution is 6.05. The maximum absolute atomic E-state index is 13.2. The van der Waals surface area contributed by atoms with Gasteiger partial charge in [0.05, 0.1) is 5.52 Å². The second kappa shape index (κ2) is 8.47. The molecule has 1 unspecified atom stereocenters. The van der Waals surface area contributed by atoms with Crippen LogP contribution in [0.4, 0.5) is 0 Å². The van der Waals surface area contributed by atoms with E-state index in [0.29, 0.717) is 18.8 Å². The molecule has 2 N–H and O–H groups in total. The van der Waals surface area contributed by atoms with Gasteiger partial charge in [-0.1, -0.05) is 69.3 Å². The van der Waals surface area contributed by atoms with Crippen molar-refractivity contribution in [2.45, 2.75) is 40.3 Å². The predicted octanol–water partition coefficient (Wildman–Crippen LogP) is 3.76. The van der Waals surface area contributed by atoms with Crippen LogP contribution in [0.5, 0.6) is 0 Å². The molecule has 3 rings (SSSR count). The number of fused-ring (bicyclic) bond motifs is 1. The Morgan fingerprint density at radius 2 is 1.72 bits per heavy atom. The summed E-state index contributed by atoms with van der Waals surface area (Å²) in [6.45, 7) is 9.09. The third-order valence-electron chi connectivity index (χ3n) is 4.60. The summed E-state index contributed by atoms with van der Waals surface area (Å²) in [7, 11) is 0. The highest BCUT2D eigenvalue weighted by Gasteiger charge is 2.27. The first-order chi connectivity index (χ1) is 13.7. The number of aromatic nitrogens is 2. The van der Waals surface area contributed by atoms with Crippen molar-refractivity contribution in [3.8, 4) is 0 Å². The number of hydrogen-bond donors (Lipinski definition) is 2. The van der Waals surface area contributed by atoms with E-state index >= 15 is 0 Å². The predicted molar refractivity (Wildman–Crippen MR) is 114 cm³/mol. The molecule has 3 aromatic rings. The number of H-pyrrole nitrogens is 1. The number of nitrogens with one attached hydrogen (secondary N) is 2. The van der Waals surface area contributed by atoms with Gasteiger partial charge in [-0.05, 0) is 24.0 Å². The average molecular weight is 393 g/mol.